The van der Waals surface area contributed by atoms with Crippen molar-refractivity contribution in [3.63, 3.8) is 0 Å². The molecule has 2 aromatic rings. The van der Waals surface area contributed by atoms with Crippen molar-refractivity contribution in [2.45, 2.75) is 13.0 Å². The lowest BCUT2D eigenvalue weighted by atomic mass is 9.92. The lowest BCUT2D eigenvalue weighted by Gasteiger charge is -2.33. The number of aryl methyl sites for hydroxylation is 1. The molecule has 6 nitrogen and oxygen atoms in total. The maximum absolute atomic E-state index is 12.9. The van der Waals surface area contributed by atoms with E-state index in [4.69, 9.17) is 4.74 Å². The van der Waals surface area contributed by atoms with E-state index in [2.05, 4.69) is 22.5 Å². The Hall–Kier alpha value is -2.80. The van der Waals surface area contributed by atoms with Crippen molar-refractivity contribution in [3.8, 4) is 5.75 Å². The summed E-state index contributed by atoms with van der Waals surface area (Å²) in [7, 11) is 1.55. The first-order valence-corrected chi connectivity index (χ1v) is 8.57. The van der Waals surface area contributed by atoms with Crippen molar-refractivity contribution in [1.29, 1.82) is 0 Å². The monoisotopic (exact) mass is 357 g/mol. The van der Waals surface area contributed by atoms with Gasteiger partial charge in [0.25, 0.3) is 0 Å². The van der Waals surface area contributed by atoms with Crippen LogP contribution in [0.15, 0.2) is 48.7 Å². The maximum Gasteiger partial charge on any atom is 0.319 e. The van der Waals surface area contributed by atoms with Crippen LogP contribution in [0.25, 0.3) is 0 Å². The van der Waals surface area contributed by atoms with Crippen molar-refractivity contribution in [3.05, 3.63) is 58.4 Å². The Morgan fingerprint density at radius 1 is 1.28 bits per heavy atom. The largest absolute Gasteiger partial charge is 0.495 e. The molecule has 2 atom stereocenters. The molecular formula is C18H19N3O3S. The summed E-state index contributed by atoms with van der Waals surface area (Å²) in [6.45, 7) is 5.86. The predicted octanol–water partition coefficient (Wildman–Crippen LogP) is 3.19. The highest BCUT2D eigenvalue weighted by molar-refractivity contribution is 7.12. The zero-order valence-electron chi connectivity index (χ0n) is 14.0. The van der Waals surface area contributed by atoms with Crippen molar-refractivity contribution >= 4 is 29.0 Å². The molecule has 1 aromatic heterocycles. The molecule has 3 amide bonds. The van der Waals surface area contributed by atoms with Gasteiger partial charge in [-0.15, -0.1) is 11.3 Å². The topological polar surface area (TPSA) is 79.5 Å². The molecule has 0 aliphatic carbocycles. The fourth-order valence-electron chi connectivity index (χ4n) is 2.81. The third-order valence-electron chi connectivity index (χ3n) is 3.98. The number of ether oxygens (including phenoxy) is 1. The molecule has 0 bridgehead atoms. The van der Waals surface area contributed by atoms with Gasteiger partial charge in [-0.1, -0.05) is 18.7 Å². The lowest BCUT2D eigenvalue weighted by molar-refractivity contribution is -0.119. The van der Waals surface area contributed by atoms with Crippen LogP contribution in [0.3, 0.4) is 0 Å². The highest BCUT2D eigenvalue weighted by atomic mass is 32.1. The Morgan fingerprint density at radius 2 is 2.04 bits per heavy atom. The molecule has 0 unspecified atom stereocenters. The first-order chi connectivity index (χ1) is 12.0. The molecule has 0 radical (unpaired) electrons. The minimum Gasteiger partial charge on any atom is -0.495 e. The SMILES string of the molecule is C=C1NC(=O)N[C@H](c2ccc(C)s2)[C@@H]1C(=O)Nc1ccccc1OC. The van der Waals surface area contributed by atoms with Gasteiger partial charge in [-0.2, -0.15) is 0 Å². The lowest BCUT2D eigenvalue weighted by Crippen LogP contribution is -2.51. The normalized spacial score (nSPS) is 19.8. The van der Waals surface area contributed by atoms with E-state index in [-0.39, 0.29) is 11.9 Å². The van der Waals surface area contributed by atoms with Gasteiger partial charge in [0.1, 0.15) is 11.7 Å². The molecule has 1 saturated heterocycles. The average Bonchev–Trinajstić information content (AvgIpc) is 3.01. The second kappa shape index (κ2) is 6.98. The summed E-state index contributed by atoms with van der Waals surface area (Å²) in [4.78, 5) is 26.8. The Balaban J connectivity index is 1.89. The average molecular weight is 357 g/mol. The summed E-state index contributed by atoms with van der Waals surface area (Å²) in [5, 5.41) is 8.30. The van der Waals surface area contributed by atoms with Crippen LogP contribution in [0.4, 0.5) is 10.5 Å². The minimum absolute atomic E-state index is 0.266. The first-order valence-electron chi connectivity index (χ1n) is 7.76. The summed E-state index contributed by atoms with van der Waals surface area (Å²) >= 11 is 1.55. The number of methoxy groups -OCH3 is 1. The number of hydrogen-bond donors (Lipinski definition) is 3. The molecule has 130 valence electrons. The summed E-state index contributed by atoms with van der Waals surface area (Å²) < 4.78 is 5.27. The molecule has 1 aliphatic rings. The molecule has 3 rings (SSSR count). The van der Waals surface area contributed by atoms with Crippen LogP contribution in [0.5, 0.6) is 5.75 Å². The van der Waals surface area contributed by atoms with E-state index in [0.29, 0.717) is 17.1 Å². The van der Waals surface area contributed by atoms with Crippen LogP contribution in [0.1, 0.15) is 15.8 Å². The first kappa shape index (κ1) is 17.0. The van der Waals surface area contributed by atoms with Crippen LogP contribution in [0, 0.1) is 12.8 Å². The second-order valence-electron chi connectivity index (χ2n) is 5.72. The number of urea groups is 1. The molecule has 7 heteroatoms. The second-order valence-corrected chi connectivity index (χ2v) is 7.04. The highest BCUT2D eigenvalue weighted by Crippen LogP contribution is 2.35. The van der Waals surface area contributed by atoms with E-state index in [0.717, 1.165) is 9.75 Å². The quantitative estimate of drug-likeness (QED) is 0.786. The van der Waals surface area contributed by atoms with Gasteiger partial charge in [0.15, 0.2) is 0 Å². The highest BCUT2D eigenvalue weighted by Gasteiger charge is 2.38. The van der Waals surface area contributed by atoms with Gasteiger partial charge in [0.05, 0.1) is 18.8 Å². The smallest absolute Gasteiger partial charge is 0.319 e. The van der Waals surface area contributed by atoms with Gasteiger partial charge >= 0.3 is 6.03 Å². The molecule has 1 aromatic carbocycles. The van der Waals surface area contributed by atoms with Gasteiger partial charge in [0, 0.05) is 15.5 Å². The summed E-state index contributed by atoms with van der Waals surface area (Å²) in [5.41, 5.74) is 0.938. The van der Waals surface area contributed by atoms with Gasteiger partial charge in [0.2, 0.25) is 5.91 Å². The zero-order chi connectivity index (χ0) is 18.0. The van der Waals surface area contributed by atoms with E-state index < -0.39 is 12.0 Å². The number of nitrogens with one attached hydrogen (secondary N) is 3. The number of anilines is 1. The molecule has 1 aliphatic heterocycles. The number of para-hydroxylation sites is 2. The van der Waals surface area contributed by atoms with E-state index in [9.17, 15) is 9.59 Å². The molecule has 0 spiro atoms. The van der Waals surface area contributed by atoms with E-state index >= 15 is 0 Å². The van der Waals surface area contributed by atoms with Crippen LogP contribution in [-0.4, -0.2) is 19.0 Å². The number of carbonyl (C=O) groups is 2. The van der Waals surface area contributed by atoms with Gasteiger partial charge < -0.3 is 20.7 Å². The molecular weight excluding hydrogens is 338 g/mol. The fourth-order valence-corrected chi connectivity index (χ4v) is 3.78. The van der Waals surface area contributed by atoms with Crippen molar-refractivity contribution in [2.24, 2.45) is 5.92 Å². The molecule has 1 fully saturated rings. The summed E-state index contributed by atoms with van der Waals surface area (Å²) in [5.74, 6) is -0.337. The van der Waals surface area contributed by atoms with Gasteiger partial charge in [-0.05, 0) is 31.2 Å². The number of carbonyl (C=O) groups excluding carboxylic acids is 2. The number of hydrogen-bond acceptors (Lipinski definition) is 4. The van der Waals surface area contributed by atoms with Crippen LogP contribution < -0.4 is 20.7 Å². The summed E-state index contributed by atoms with van der Waals surface area (Å²) in [6.07, 6.45) is 0. The number of rotatable bonds is 4. The van der Waals surface area contributed by atoms with Crippen LogP contribution in [0.2, 0.25) is 0 Å². The van der Waals surface area contributed by atoms with E-state index in [1.165, 1.54) is 0 Å². The standard InChI is InChI=1S/C18H19N3O3S/c1-10-8-9-14(25-10)16-15(11(2)19-18(23)21-16)17(22)20-12-6-4-5-7-13(12)24-3/h4-9,15-16H,2H2,1,3H3,(H,20,22)(H2,19,21,23)/t15-,16-/m1/s1. The van der Waals surface area contributed by atoms with Crippen molar-refractivity contribution in [2.75, 3.05) is 12.4 Å². The summed E-state index contributed by atoms with van der Waals surface area (Å²) in [6, 6.07) is 10.2. The van der Waals surface area contributed by atoms with Crippen LogP contribution >= 0.6 is 11.3 Å². The molecule has 0 saturated carbocycles. The third kappa shape index (κ3) is 3.51. The molecule has 3 N–H and O–H groups in total. The van der Waals surface area contributed by atoms with Gasteiger partial charge in [-0.25, -0.2) is 4.79 Å². The third-order valence-corrected chi connectivity index (χ3v) is 5.07. The molecule has 2 heterocycles. The number of benzene rings is 1. The molecule has 25 heavy (non-hydrogen) atoms. The van der Waals surface area contributed by atoms with Crippen molar-refractivity contribution < 1.29 is 14.3 Å². The van der Waals surface area contributed by atoms with Crippen molar-refractivity contribution in [1.82, 2.24) is 10.6 Å². The number of thiophene rings is 1. The van der Waals surface area contributed by atoms with Gasteiger partial charge in [-0.3, -0.25) is 4.79 Å². The predicted molar refractivity (Wildman–Crippen MR) is 97.7 cm³/mol. The Morgan fingerprint density at radius 3 is 2.72 bits per heavy atom. The van der Waals surface area contributed by atoms with E-state index in [1.807, 2.05) is 31.2 Å². The van der Waals surface area contributed by atoms with E-state index in [1.54, 1.807) is 30.6 Å². The van der Waals surface area contributed by atoms with Crippen LogP contribution in [-0.2, 0) is 4.79 Å². The fraction of sp³-hybridized carbons (Fsp3) is 0.222. The zero-order valence-corrected chi connectivity index (χ0v) is 14.8. The Bertz CT molecular complexity index is 830. The minimum atomic E-state index is -0.638. The Labute approximate surface area is 149 Å². The Kier molecular flexibility index (Phi) is 4.76. The maximum atomic E-state index is 12.9. The number of amides is 3.